The van der Waals surface area contributed by atoms with Crippen molar-refractivity contribution in [2.24, 2.45) is 0 Å². The molecule has 0 fully saturated rings. The molecule has 0 spiro atoms. The second kappa shape index (κ2) is 6.22. The molecule has 11 heavy (non-hydrogen) atoms. The van der Waals surface area contributed by atoms with Gasteiger partial charge in [0.05, 0.1) is 0 Å². The molecule has 0 saturated carbocycles. The molecule has 0 aromatic heterocycles. The Balaban J connectivity index is 0. The molecule has 0 saturated heterocycles. The van der Waals surface area contributed by atoms with E-state index in [0.29, 0.717) is 0 Å². The van der Waals surface area contributed by atoms with Crippen LogP contribution in [0.5, 0.6) is 0 Å². The van der Waals surface area contributed by atoms with Crippen LogP contribution in [0.2, 0.25) is 0 Å². The van der Waals surface area contributed by atoms with Crippen molar-refractivity contribution in [3.8, 4) is 0 Å². The first-order chi connectivity index (χ1) is 4.30. The minimum atomic E-state index is -1.15. The maximum absolute atomic E-state index is 10.1. The molecule has 1 rings (SSSR count). The average molecular weight is 338 g/mol. The van der Waals surface area contributed by atoms with Gasteiger partial charge in [-0.1, -0.05) is 0 Å². The van der Waals surface area contributed by atoms with Crippen LogP contribution in [0.3, 0.4) is 0 Å². The number of aliphatic carboxylic acids is 1. The Labute approximate surface area is 84.9 Å². The van der Waals surface area contributed by atoms with Crippen LogP contribution in [0, 0.1) is 6.42 Å². The number of hydrogen-bond acceptors (Lipinski definition) is 3. The maximum atomic E-state index is 10.1. The van der Waals surface area contributed by atoms with Crippen molar-refractivity contribution in [1.82, 2.24) is 0 Å². The van der Waals surface area contributed by atoms with Gasteiger partial charge in [-0.2, -0.15) is 0 Å². The molecule has 0 amide bonds. The Morgan fingerprint density at radius 2 is 2.27 bits per heavy atom. The topological polar surface area (TPSA) is 70.1 Å². The molecule has 0 heterocycles. The SMILES string of the molecule is O=C([O-])C1=CC=C=C[CH-]1.[Hg+2].[OH-]. The first-order valence-electron chi connectivity index (χ1n) is 2.48. The van der Waals surface area contributed by atoms with Crippen LogP contribution in [0.1, 0.15) is 0 Å². The van der Waals surface area contributed by atoms with E-state index in [1.165, 1.54) is 24.6 Å². The third-order valence-electron chi connectivity index (χ3n) is 0.954. The number of carbonyl (C=O) groups excluding carboxylic acids is 1. The van der Waals surface area contributed by atoms with Crippen molar-refractivity contribution < 1.29 is 43.0 Å². The van der Waals surface area contributed by atoms with E-state index in [-0.39, 0.29) is 38.7 Å². The summed E-state index contributed by atoms with van der Waals surface area (Å²) in [6, 6.07) is 0. The van der Waals surface area contributed by atoms with Gasteiger partial charge in [-0.25, -0.2) is 5.73 Å². The summed E-state index contributed by atoms with van der Waals surface area (Å²) in [5.41, 5.74) is 2.89. The summed E-state index contributed by atoms with van der Waals surface area (Å²) in [5, 5.41) is 10.1. The Hall–Kier alpha value is -0.505. The van der Waals surface area contributed by atoms with Gasteiger partial charge in [0.15, 0.2) is 0 Å². The summed E-state index contributed by atoms with van der Waals surface area (Å²) in [7, 11) is 0. The molecule has 3 nitrogen and oxygen atoms in total. The predicted octanol–water partition coefficient (Wildman–Crippen LogP) is -0.587. The second-order valence-electron chi connectivity index (χ2n) is 1.58. The fourth-order valence-corrected chi connectivity index (χ4v) is 0.523. The van der Waals surface area contributed by atoms with E-state index in [2.05, 4.69) is 5.73 Å². The van der Waals surface area contributed by atoms with Gasteiger partial charge in [0.1, 0.15) is 0 Å². The zero-order valence-corrected chi connectivity index (χ0v) is 11.3. The van der Waals surface area contributed by atoms with Crippen molar-refractivity contribution in [2.45, 2.75) is 0 Å². The molecule has 54 valence electrons. The quantitative estimate of drug-likeness (QED) is 0.365. The van der Waals surface area contributed by atoms with Gasteiger partial charge < -0.3 is 15.4 Å². The molecule has 0 atom stereocenters. The predicted molar refractivity (Wildman–Crippen MR) is 32.0 cm³/mol. The first kappa shape index (κ1) is 13.1. The van der Waals surface area contributed by atoms with Gasteiger partial charge in [-0.3, -0.25) is 0 Å². The summed E-state index contributed by atoms with van der Waals surface area (Å²) in [6.45, 7) is 0. The largest absolute Gasteiger partial charge is 2.00 e. The zero-order chi connectivity index (χ0) is 6.69. The van der Waals surface area contributed by atoms with Gasteiger partial charge in [0.25, 0.3) is 0 Å². The van der Waals surface area contributed by atoms with Gasteiger partial charge >= 0.3 is 27.7 Å². The van der Waals surface area contributed by atoms with Crippen LogP contribution in [-0.2, 0) is 32.5 Å². The minimum absolute atomic E-state index is 0. The van der Waals surface area contributed by atoms with E-state index in [4.69, 9.17) is 0 Å². The Kier molecular flexibility index (Phi) is 7.42. The molecule has 1 N–H and O–H groups in total. The van der Waals surface area contributed by atoms with Gasteiger partial charge in [0, 0.05) is 0 Å². The van der Waals surface area contributed by atoms with Crippen LogP contribution < -0.4 is 5.11 Å². The molecule has 1 aliphatic carbocycles. The summed E-state index contributed by atoms with van der Waals surface area (Å²) in [6.07, 6.45) is 5.95. The fourth-order valence-electron chi connectivity index (χ4n) is 0.523. The third-order valence-corrected chi connectivity index (χ3v) is 0.954. The zero-order valence-electron chi connectivity index (χ0n) is 5.78. The second-order valence-corrected chi connectivity index (χ2v) is 1.58. The summed E-state index contributed by atoms with van der Waals surface area (Å²) >= 11 is 0. The number of carboxylic acids is 1. The Morgan fingerprint density at radius 1 is 1.64 bits per heavy atom. The Morgan fingerprint density at radius 3 is 2.55 bits per heavy atom. The minimum Gasteiger partial charge on any atom is -0.870 e. The van der Waals surface area contributed by atoms with Crippen LogP contribution >= 0.6 is 0 Å². The third kappa shape index (κ3) is 4.04. The van der Waals surface area contributed by atoms with Crippen LogP contribution in [0.4, 0.5) is 0 Å². The molecule has 0 radical (unpaired) electrons. The van der Waals surface area contributed by atoms with E-state index in [1.54, 1.807) is 0 Å². The van der Waals surface area contributed by atoms with Gasteiger partial charge in [0.2, 0.25) is 0 Å². The molecule has 0 aromatic carbocycles. The van der Waals surface area contributed by atoms with Crippen molar-refractivity contribution >= 4 is 5.97 Å². The molecule has 0 aliphatic heterocycles. The first-order valence-corrected chi connectivity index (χ1v) is 2.48. The molecule has 0 bridgehead atoms. The van der Waals surface area contributed by atoms with Crippen LogP contribution in [0.25, 0.3) is 0 Å². The maximum Gasteiger partial charge on any atom is 2.00 e. The van der Waals surface area contributed by atoms with Crippen molar-refractivity contribution in [1.29, 1.82) is 0 Å². The standard InChI is InChI=1S/C7H5O2.Hg.H2O/c8-7(9)6-4-2-1-3-5-6;;/h2-5H,(H,8,9);;1H2/q-1;+2;/p-2. The van der Waals surface area contributed by atoms with Gasteiger partial charge in [-0.05, 0) is 5.97 Å². The number of carboxylic acid groups (broad SMARTS) is 1. The van der Waals surface area contributed by atoms with E-state index in [0.717, 1.165) is 0 Å². The summed E-state index contributed by atoms with van der Waals surface area (Å²) < 4.78 is 0. The summed E-state index contributed by atoms with van der Waals surface area (Å²) in [5.74, 6) is -1.15. The monoisotopic (exact) mass is 339 g/mol. The van der Waals surface area contributed by atoms with E-state index >= 15 is 0 Å². The normalized spacial score (nSPS) is 11.8. The Bertz CT molecular complexity index is 224. The molecule has 1 aliphatic rings. The fraction of sp³-hybridized carbons (Fsp3) is 0. The average Bonchev–Trinajstić information content (AvgIpc) is 1.90. The number of allylic oxidation sites excluding steroid dienone is 2. The van der Waals surface area contributed by atoms with Gasteiger partial charge in [-0.15, -0.1) is 30.2 Å². The van der Waals surface area contributed by atoms with Crippen molar-refractivity contribution in [3.05, 3.63) is 36.0 Å². The molecule has 0 unspecified atom stereocenters. The van der Waals surface area contributed by atoms with Crippen LogP contribution in [0.15, 0.2) is 29.5 Å². The molecular formula is C7H5HgO3-. The smallest absolute Gasteiger partial charge is 0.870 e. The molecular weight excluding hydrogens is 333 g/mol. The molecule has 4 heteroatoms. The number of carbonyl (C=O) groups is 1. The van der Waals surface area contributed by atoms with Crippen molar-refractivity contribution in [3.63, 3.8) is 0 Å². The van der Waals surface area contributed by atoms with E-state index in [9.17, 15) is 9.90 Å². The van der Waals surface area contributed by atoms with E-state index < -0.39 is 5.97 Å². The van der Waals surface area contributed by atoms with E-state index in [1.807, 2.05) is 0 Å². The van der Waals surface area contributed by atoms with Crippen LogP contribution in [-0.4, -0.2) is 11.4 Å². The summed E-state index contributed by atoms with van der Waals surface area (Å²) in [4.78, 5) is 10.1. The van der Waals surface area contributed by atoms with Crippen molar-refractivity contribution in [2.75, 3.05) is 0 Å². The molecule has 0 aromatic rings. The number of hydrogen-bond donors (Lipinski definition) is 0. The number of rotatable bonds is 1.